The average Bonchev–Trinajstić information content (AvgIpc) is 2.57. The molecule has 0 fully saturated rings. The average molecular weight is 268 g/mol. The molecule has 2 aromatic rings. The first-order chi connectivity index (χ1) is 8.29. The van der Waals surface area contributed by atoms with Crippen molar-refractivity contribution in [3.05, 3.63) is 35.4 Å². The molecule has 2 N–H and O–H groups in total. The van der Waals surface area contributed by atoms with Crippen LogP contribution in [0, 0.1) is 5.82 Å². The molecule has 0 spiro atoms. The molecule has 3 nitrogen and oxygen atoms in total. The van der Waals surface area contributed by atoms with Gasteiger partial charge in [0.25, 0.3) is 0 Å². The number of hydrogen-bond acceptors (Lipinski definition) is 2. The number of rotatable bonds is 1. The van der Waals surface area contributed by atoms with Crippen LogP contribution in [0.4, 0.5) is 10.2 Å². The van der Waals surface area contributed by atoms with Gasteiger partial charge in [0.15, 0.2) is 0 Å². The fraction of sp³-hybridized carbons (Fsp3) is 0.308. The van der Waals surface area contributed by atoms with Gasteiger partial charge in [-0.25, -0.2) is 9.37 Å². The van der Waals surface area contributed by atoms with Gasteiger partial charge in [0.1, 0.15) is 17.3 Å². The Kier molecular flexibility index (Phi) is 3.07. The highest BCUT2D eigenvalue weighted by atomic mass is 35.5. The SMILES string of the molecule is CC(C)(C)n1cnc(-c2cc(F)cc(Cl)c2)c1N. The largest absolute Gasteiger partial charge is 0.383 e. The summed E-state index contributed by atoms with van der Waals surface area (Å²) >= 11 is 5.83. The number of aromatic nitrogens is 2. The Morgan fingerprint density at radius 1 is 1.28 bits per heavy atom. The van der Waals surface area contributed by atoms with Gasteiger partial charge in [-0.2, -0.15) is 0 Å². The fourth-order valence-electron chi connectivity index (χ4n) is 1.81. The molecular weight excluding hydrogens is 253 g/mol. The molecule has 0 aliphatic rings. The minimum absolute atomic E-state index is 0.174. The van der Waals surface area contributed by atoms with E-state index in [0.717, 1.165) is 0 Å². The summed E-state index contributed by atoms with van der Waals surface area (Å²) in [6, 6.07) is 4.27. The van der Waals surface area contributed by atoms with Gasteiger partial charge in [-0.3, -0.25) is 0 Å². The van der Waals surface area contributed by atoms with E-state index in [-0.39, 0.29) is 5.54 Å². The van der Waals surface area contributed by atoms with Crippen molar-refractivity contribution in [3.63, 3.8) is 0 Å². The lowest BCUT2D eigenvalue weighted by Gasteiger charge is -2.22. The van der Waals surface area contributed by atoms with E-state index in [9.17, 15) is 4.39 Å². The van der Waals surface area contributed by atoms with Crippen molar-refractivity contribution in [2.45, 2.75) is 26.3 Å². The van der Waals surface area contributed by atoms with Crippen LogP contribution in [0.2, 0.25) is 5.02 Å². The number of hydrogen-bond donors (Lipinski definition) is 1. The van der Waals surface area contributed by atoms with E-state index in [1.54, 1.807) is 12.4 Å². The first kappa shape index (κ1) is 12.9. The smallest absolute Gasteiger partial charge is 0.132 e. The molecule has 1 heterocycles. The Balaban J connectivity index is 2.56. The molecule has 0 aliphatic heterocycles. The van der Waals surface area contributed by atoms with E-state index in [2.05, 4.69) is 4.98 Å². The molecule has 2 rings (SSSR count). The third-order valence-corrected chi connectivity index (χ3v) is 2.88. The maximum absolute atomic E-state index is 13.3. The Morgan fingerprint density at radius 2 is 1.94 bits per heavy atom. The van der Waals surface area contributed by atoms with Crippen LogP contribution in [-0.4, -0.2) is 9.55 Å². The van der Waals surface area contributed by atoms with E-state index >= 15 is 0 Å². The van der Waals surface area contributed by atoms with Crippen molar-refractivity contribution in [2.75, 3.05) is 5.73 Å². The van der Waals surface area contributed by atoms with Gasteiger partial charge < -0.3 is 10.3 Å². The predicted molar refractivity (Wildman–Crippen MR) is 72.0 cm³/mol. The van der Waals surface area contributed by atoms with Crippen molar-refractivity contribution >= 4 is 17.4 Å². The van der Waals surface area contributed by atoms with Crippen LogP contribution in [0.1, 0.15) is 20.8 Å². The molecule has 0 saturated carbocycles. The zero-order chi connectivity index (χ0) is 13.5. The molecule has 0 bridgehead atoms. The molecule has 0 saturated heterocycles. The first-order valence-electron chi connectivity index (χ1n) is 5.59. The van der Waals surface area contributed by atoms with Crippen molar-refractivity contribution in [1.29, 1.82) is 0 Å². The topological polar surface area (TPSA) is 43.8 Å². The molecule has 1 aromatic heterocycles. The molecule has 0 aliphatic carbocycles. The van der Waals surface area contributed by atoms with Crippen molar-refractivity contribution in [1.82, 2.24) is 9.55 Å². The second kappa shape index (κ2) is 4.28. The summed E-state index contributed by atoms with van der Waals surface area (Å²) in [5.74, 6) is 0.103. The molecule has 96 valence electrons. The monoisotopic (exact) mass is 267 g/mol. The van der Waals surface area contributed by atoms with Gasteiger partial charge in [-0.1, -0.05) is 11.6 Å². The summed E-state index contributed by atoms with van der Waals surface area (Å²) < 4.78 is 15.2. The molecule has 0 unspecified atom stereocenters. The summed E-state index contributed by atoms with van der Waals surface area (Å²) in [4.78, 5) is 4.25. The summed E-state index contributed by atoms with van der Waals surface area (Å²) in [6.45, 7) is 6.06. The summed E-state index contributed by atoms with van der Waals surface area (Å²) in [6.07, 6.45) is 1.66. The quantitative estimate of drug-likeness (QED) is 0.857. The highest BCUT2D eigenvalue weighted by Crippen LogP contribution is 2.30. The minimum atomic E-state index is -0.401. The predicted octanol–water partition coefficient (Wildman–Crippen LogP) is 3.68. The molecule has 0 amide bonds. The standard InChI is InChI=1S/C13H15ClFN3/c1-13(2,3)18-7-17-11(12(18)16)8-4-9(14)6-10(15)5-8/h4-7H,16H2,1-3H3. The van der Waals surface area contributed by atoms with E-state index in [1.165, 1.54) is 12.1 Å². The minimum Gasteiger partial charge on any atom is -0.383 e. The Labute approximate surface area is 110 Å². The van der Waals surface area contributed by atoms with E-state index in [4.69, 9.17) is 17.3 Å². The van der Waals surface area contributed by atoms with Crippen LogP contribution in [0.15, 0.2) is 24.5 Å². The van der Waals surface area contributed by atoms with Gasteiger partial charge in [-0.05, 0) is 39.0 Å². The van der Waals surface area contributed by atoms with Gasteiger partial charge in [0.05, 0.1) is 6.33 Å². The summed E-state index contributed by atoms with van der Waals surface area (Å²) in [5.41, 5.74) is 7.01. The Bertz CT molecular complexity index is 564. The van der Waals surface area contributed by atoms with Crippen LogP contribution in [0.3, 0.4) is 0 Å². The second-order valence-electron chi connectivity index (χ2n) is 5.18. The number of anilines is 1. The second-order valence-corrected chi connectivity index (χ2v) is 5.61. The Morgan fingerprint density at radius 3 is 2.44 bits per heavy atom. The zero-order valence-electron chi connectivity index (χ0n) is 10.5. The number of nitrogen functional groups attached to an aromatic ring is 1. The first-order valence-corrected chi connectivity index (χ1v) is 5.96. The highest BCUT2D eigenvalue weighted by Gasteiger charge is 2.19. The maximum Gasteiger partial charge on any atom is 0.132 e. The fourth-order valence-corrected chi connectivity index (χ4v) is 2.03. The van der Waals surface area contributed by atoms with E-state index < -0.39 is 5.82 Å². The molecular formula is C13H15ClFN3. The highest BCUT2D eigenvalue weighted by molar-refractivity contribution is 6.30. The molecule has 5 heteroatoms. The summed E-state index contributed by atoms with van der Waals surface area (Å²) in [7, 11) is 0. The molecule has 0 radical (unpaired) electrons. The normalized spacial score (nSPS) is 11.8. The lowest BCUT2D eigenvalue weighted by Crippen LogP contribution is -2.22. The number of benzene rings is 1. The van der Waals surface area contributed by atoms with Gasteiger partial charge in [-0.15, -0.1) is 0 Å². The third kappa shape index (κ3) is 2.34. The zero-order valence-corrected chi connectivity index (χ0v) is 11.3. The van der Waals surface area contributed by atoms with Crippen LogP contribution < -0.4 is 5.73 Å². The van der Waals surface area contributed by atoms with E-state index in [0.29, 0.717) is 22.1 Å². The van der Waals surface area contributed by atoms with Crippen LogP contribution in [0.25, 0.3) is 11.3 Å². The van der Waals surface area contributed by atoms with E-state index in [1.807, 2.05) is 25.3 Å². The van der Waals surface area contributed by atoms with Crippen LogP contribution in [0.5, 0.6) is 0 Å². The molecule has 1 aromatic carbocycles. The van der Waals surface area contributed by atoms with Gasteiger partial charge in [0, 0.05) is 16.1 Å². The maximum atomic E-state index is 13.3. The van der Waals surface area contributed by atoms with Crippen molar-refractivity contribution in [3.8, 4) is 11.3 Å². The lowest BCUT2D eigenvalue weighted by atomic mass is 10.1. The third-order valence-electron chi connectivity index (χ3n) is 2.66. The number of halogens is 2. The van der Waals surface area contributed by atoms with Crippen LogP contribution >= 0.6 is 11.6 Å². The van der Waals surface area contributed by atoms with Crippen molar-refractivity contribution < 1.29 is 4.39 Å². The van der Waals surface area contributed by atoms with Gasteiger partial charge in [0.2, 0.25) is 0 Å². The van der Waals surface area contributed by atoms with Crippen LogP contribution in [-0.2, 0) is 5.54 Å². The molecule has 0 atom stereocenters. The number of nitrogens with zero attached hydrogens (tertiary/aromatic N) is 2. The number of imidazole rings is 1. The lowest BCUT2D eigenvalue weighted by molar-refractivity contribution is 0.402. The molecule has 18 heavy (non-hydrogen) atoms. The van der Waals surface area contributed by atoms with Gasteiger partial charge >= 0.3 is 0 Å². The number of nitrogens with two attached hydrogens (primary N) is 1. The summed E-state index contributed by atoms with van der Waals surface area (Å²) in [5, 5.41) is 0.328. The Hall–Kier alpha value is -1.55. The van der Waals surface area contributed by atoms with Crippen molar-refractivity contribution in [2.24, 2.45) is 0 Å².